The van der Waals surface area contributed by atoms with Crippen molar-refractivity contribution in [1.29, 1.82) is 0 Å². The predicted molar refractivity (Wildman–Crippen MR) is 135 cm³/mol. The van der Waals surface area contributed by atoms with E-state index in [1.807, 2.05) is 0 Å². The molecule has 0 atom stereocenters. The summed E-state index contributed by atoms with van der Waals surface area (Å²) in [5.74, 6) is -0.777. The minimum atomic E-state index is -0.661. The van der Waals surface area contributed by atoms with E-state index in [-0.39, 0.29) is 11.9 Å². The number of aromatic nitrogens is 2. The molecular weight excluding hydrogens is 472 g/mol. The lowest BCUT2D eigenvalue weighted by molar-refractivity contribution is -0.148. The Hall–Kier alpha value is -3.59. The van der Waals surface area contributed by atoms with Gasteiger partial charge in [-0.3, -0.25) is 19.2 Å². The number of benzene rings is 2. The third-order valence-electron chi connectivity index (χ3n) is 6.43. The quantitative estimate of drug-likeness (QED) is 0.428. The van der Waals surface area contributed by atoms with Crippen LogP contribution in [0.5, 0.6) is 0 Å². The van der Waals surface area contributed by atoms with Gasteiger partial charge in [-0.25, -0.2) is 0 Å². The SMILES string of the molecule is CCOC(=O)C1CCN(c2cc3c(cc2NC(=O)c2ccccc2Cl)n(C)c(=O)c(=O)n3C)CC1. The van der Waals surface area contributed by atoms with Gasteiger partial charge in [-0.1, -0.05) is 23.7 Å². The van der Waals surface area contributed by atoms with Crippen LogP contribution in [0.1, 0.15) is 30.1 Å². The monoisotopic (exact) mass is 498 g/mol. The molecule has 1 aliphatic rings. The van der Waals surface area contributed by atoms with E-state index in [1.165, 1.54) is 16.2 Å². The van der Waals surface area contributed by atoms with Crippen molar-refractivity contribution in [2.45, 2.75) is 19.8 Å². The van der Waals surface area contributed by atoms with Gasteiger partial charge in [-0.05, 0) is 44.0 Å². The van der Waals surface area contributed by atoms with E-state index in [1.54, 1.807) is 50.4 Å². The highest BCUT2D eigenvalue weighted by atomic mass is 35.5. The molecule has 0 radical (unpaired) electrons. The zero-order chi connectivity index (χ0) is 25.3. The molecule has 1 fully saturated rings. The summed E-state index contributed by atoms with van der Waals surface area (Å²) in [6, 6.07) is 10.2. The largest absolute Gasteiger partial charge is 0.466 e. The molecule has 9 nitrogen and oxygen atoms in total. The smallest absolute Gasteiger partial charge is 0.316 e. The van der Waals surface area contributed by atoms with Crippen LogP contribution < -0.4 is 21.3 Å². The average Bonchev–Trinajstić information content (AvgIpc) is 2.86. The molecule has 2 aromatic carbocycles. The Labute approximate surface area is 206 Å². The number of rotatable bonds is 5. The summed E-state index contributed by atoms with van der Waals surface area (Å²) in [7, 11) is 3.07. The zero-order valence-corrected chi connectivity index (χ0v) is 20.6. The summed E-state index contributed by atoms with van der Waals surface area (Å²) in [6.45, 7) is 3.25. The summed E-state index contributed by atoms with van der Waals surface area (Å²) < 4.78 is 7.76. The second kappa shape index (κ2) is 9.95. The van der Waals surface area contributed by atoms with E-state index >= 15 is 0 Å². The number of carbonyl (C=O) groups is 2. The Morgan fingerprint density at radius 2 is 1.63 bits per heavy atom. The molecule has 2 heterocycles. The first-order valence-electron chi connectivity index (χ1n) is 11.4. The predicted octanol–water partition coefficient (Wildman–Crippen LogP) is 2.92. The third-order valence-corrected chi connectivity index (χ3v) is 6.76. The van der Waals surface area contributed by atoms with Gasteiger partial charge in [0, 0.05) is 27.2 Å². The molecule has 0 unspecified atom stereocenters. The minimum absolute atomic E-state index is 0.182. The number of fused-ring (bicyclic) bond motifs is 1. The maximum atomic E-state index is 13.1. The summed E-state index contributed by atoms with van der Waals surface area (Å²) >= 11 is 6.23. The number of amides is 1. The van der Waals surface area contributed by atoms with Crippen molar-refractivity contribution in [2.24, 2.45) is 20.0 Å². The molecule has 0 aliphatic carbocycles. The van der Waals surface area contributed by atoms with E-state index < -0.39 is 17.0 Å². The van der Waals surface area contributed by atoms with Crippen molar-refractivity contribution in [3.63, 3.8) is 0 Å². The second-order valence-electron chi connectivity index (χ2n) is 8.53. The van der Waals surface area contributed by atoms with Gasteiger partial charge in [0.25, 0.3) is 5.91 Å². The molecular formula is C25H27ClN4O5. The summed E-state index contributed by atoms with van der Waals surface area (Å²) in [4.78, 5) is 52.2. The highest BCUT2D eigenvalue weighted by Gasteiger charge is 2.28. The molecule has 1 aliphatic heterocycles. The molecule has 184 valence electrons. The Kier molecular flexibility index (Phi) is 6.98. The number of nitrogens with one attached hydrogen (secondary N) is 1. The number of piperidine rings is 1. The van der Waals surface area contributed by atoms with Crippen LogP contribution in [0, 0.1) is 5.92 Å². The van der Waals surface area contributed by atoms with Crippen LogP contribution in [0.3, 0.4) is 0 Å². The van der Waals surface area contributed by atoms with Gasteiger partial charge in [0.1, 0.15) is 0 Å². The Morgan fingerprint density at radius 1 is 1.03 bits per heavy atom. The Bertz CT molecular complexity index is 1420. The highest BCUT2D eigenvalue weighted by Crippen LogP contribution is 2.34. The molecule has 10 heteroatoms. The zero-order valence-electron chi connectivity index (χ0n) is 19.8. The number of halogens is 1. The number of carbonyl (C=O) groups excluding carboxylic acids is 2. The van der Waals surface area contributed by atoms with Crippen LogP contribution in [0.4, 0.5) is 11.4 Å². The molecule has 35 heavy (non-hydrogen) atoms. The number of hydrogen-bond donors (Lipinski definition) is 1. The third kappa shape index (κ3) is 4.68. The lowest BCUT2D eigenvalue weighted by Crippen LogP contribution is -2.40. The Morgan fingerprint density at radius 3 is 2.23 bits per heavy atom. The highest BCUT2D eigenvalue weighted by molar-refractivity contribution is 6.34. The summed E-state index contributed by atoms with van der Waals surface area (Å²) in [5, 5.41) is 3.25. The number of esters is 1. The molecule has 1 N–H and O–H groups in total. The summed E-state index contributed by atoms with van der Waals surface area (Å²) in [6.07, 6.45) is 1.20. The van der Waals surface area contributed by atoms with Gasteiger partial charge in [0.15, 0.2) is 0 Å². The number of aryl methyl sites for hydroxylation is 2. The maximum absolute atomic E-state index is 13.1. The fourth-order valence-corrected chi connectivity index (χ4v) is 4.64. The first-order valence-corrected chi connectivity index (χ1v) is 11.8. The fourth-order valence-electron chi connectivity index (χ4n) is 4.42. The lowest BCUT2D eigenvalue weighted by Gasteiger charge is -2.34. The topological polar surface area (TPSA) is 103 Å². The average molecular weight is 499 g/mol. The van der Waals surface area contributed by atoms with Gasteiger partial charge in [0.2, 0.25) is 0 Å². The molecule has 1 saturated heterocycles. The molecule has 1 aromatic heterocycles. The standard InChI is InChI=1S/C25H27ClN4O5/c1-4-35-25(34)15-9-11-30(12-10-15)19-14-21-20(28(2)23(32)24(33)29(21)3)13-18(19)27-22(31)16-7-5-6-8-17(16)26/h5-8,13-15H,4,9-12H2,1-3H3,(H,27,31). The van der Waals surface area contributed by atoms with Gasteiger partial charge >= 0.3 is 17.1 Å². The molecule has 1 amide bonds. The van der Waals surface area contributed by atoms with Gasteiger partial charge in [-0.15, -0.1) is 0 Å². The van der Waals surface area contributed by atoms with Gasteiger partial charge < -0.3 is 24.1 Å². The first kappa shape index (κ1) is 24.5. The van der Waals surface area contributed by atoms with Crippen LogP contribution in [-0.2, 0) is 23.6 Å². The van der Waals surface area contributed by atoms with Gasteiger partial charge in [0.05, 0.1) is 45.5 Å². The van der Waals surface area contributed by atoms with E-state index in [0.717, 1.165) is 0 Å². The lowest BCUT2D eigenvalue weighted by atomic mass is 9.96. The van der Waals surface area contributed by atoms with Crippen LogP contribution in [0.2, 0.25) is 5.02 Å². The molecule has 0 spiro atoms. The first-order chi connectivity index (χ1) is 16.7. The van der Waals surface area contributed by atoms with Crippen molar-refractivity contribution in [3.8, 4) is 0 Å². The van der Waals surface area contributed by atoms with Gasteiger partial charge in [-0.2, -0.15) is 0 Å². The normalized spacial score (nSPS) is 14.2. The number of ether oxygens (including phenoxy) is 1. The molecule has 0 saturated carbocycles. The Balaban J connectivity index is 1.78. The molecule has 3 aromatic rings. The fraction of sp³-hybridized carbons (Fsp3) is 0.360. The van der Waals surface area contributed by atoms with Crippen molar-refractivity contribution in [2.75, 3.05) is 29.9 Å². The van der Waals surface area contributed by atoms with Crippen molar-refractivity contribution >= 4 is 45.9 Å². The molecule has 0 bridgehead atoms. The van der Waals surface area contributed by atoms with E-state index in [4.69, 9.17) is 16.3 Å². The second-order valence-corrected chi connectivity index (χ2v) is 8.94. The minimum Gasteiger partial charge on any atom is -0.466 e. The van der Waals surface area contributed by atoms with Crippen molar-refractivity contribution in [1.82, 2.24) is 9.13 Å². The van der Waals surface area contributed by atoms with Crippen LogP contribution in [0.25, 0.3) is 11.0 Å². The molecule has 4 rings (SSSR count). The number of anilines is 2. The van der Waals surface area contributed by atoms with Crippen LogP contribution >= 0.6 is 11.6 Å². The van der Waals surface area contributed by atoms with Crippen LogP contribution in [0.15, 0.2) is 46.0 Å². The van der Waals surface area contributed by atoms with Crippen molar-refractivity contribution < 1.29 is 14.3 Å². The number of nitrogens with zero attached hydrogens (tertiary/aromatic N) is 3. The van der Waals surface area contributed by atoms with Crippen LogP contribution in [-0.4, -0.2) is 40.7 Å². The van der Waals surface area contributed by atoms with E-state index in [9.17, 15) is 19.2 Å². The van der Waals surface area contributed by atoms with E-state index in [0.29, 0.717) is 65.5 Å². The maximum Gasteiger partial charge on any atom is 0.316 e. The summed E-state index contributed by atoms with van der Waals surface area (Å²) in [5.41, 5.74) is 1.23. The number of hydrogen-bond acceptors (Lipinski definition) is 6. The van der Waals surface area contributed by atoms with E-state index in [2.05, 4.69) is 10.2 Å². The van der Waals surface area contributed by atoms with Crippen molar-refractivity contribution in [3.05, 3.63) is 67.7 Å².